The number of hydrogen-bond donors (Lipinski definition) is 0. The quantitative estimate of drug-likeness (QED) is 0.403. The van der Waals surface area contributed by atoms with Crippen LogP contribution in [0.15, 0.2) is 0 Å². The fraction of sp³-hybridized carbons (Fsp3) is 1.00. The Bertz CT molecular complexity index is 207. The average Bonchev–Trinajstić information content (AvgIpc) is 2.51. The van der Waals surface area contributed by atoms with Gasteiger partial charge in [0.2, 0.25) is 0 Å². The third-order valence-corrected chi connectivity index (χ3v) is 10.8. The van der Waals surface area contributed by atoms with Crippen molar-refractivity contribution in [1.82, 2.24) is 0 Å². The molecule has 0 aromatic heterocycles. The first-order valence-electron chi connectivity index (χ1n) is 9.32. The molecule has 0 aromatic carbocycles. The topological polar surface area (TPSA) is 0 Å². The van der Waals surface area contributed by atoms with E-state index in [2.05, 4.69) is 0 Å². The van der Waals surface area contributed by atoms with Gasteiger partial charge in [-0.15, -0.1) is 7.92 Å². The Labute approximate surface area is 140 Å². The molecule has 119 valence electrons. The minimum absolute atomic E-state index is 0. The Kier molecular flexibility index (Phi) is 8.05. The van der Waals surface area contributed by atoms with E-state index in [9.17, 15) is 0 Å². The van der Waals surface area contributed by atoms with Gasteiger partial charge >= 0.3 is 0 Å². The predicted molar refractivity (Wildman–Crippen MR) is 88.9 cm³/mol. The monoisotopic (exact) mass is 383 g/mol. The van der Waals surface area contributed by atoms with Crippen LogP contribution in [0.3, 0.4) is 0 Å². The molecule has 0 heterocycles. The Hall–Kier alpha value is 1.05. The molecule has 3 rings (SSSR count). The van der Waals surface area contributed by atoms with Crippen LogP contribution in [0, 0.1) is 0 Å². The SMILES string of the molecule is C1CCC([PH](C2CCCCC2)C2CCCCC2)CC1.[Ru]. The van der Waals surface area contributed by atoms with Crippen LogP contribution >= 0.6 is 7.92 Å². The summed E-state index contributed by atoms with van der Waals surface area (Å²) in [5.41, 5.74) is 3.68. The summed E-state index contributed by atoms with van der Waals surface area (Å²) in [6.45, 7) is 0. The molecule has 1 radical (unpaired) electrons. The molecular formula is C18H34PRu. The maximum Gasteiger partial charge on any atom is 0 e. The van der Waals surface area contributed by atoms with Crippen LogP contribution in [-0.4, -0.2) is 17.0 Å². The van der Waals surface area contributed by atoms with Crippen molar-refractivity contribution in [3.05, 3.63) is 0 Å². The van der Waals surface area contributed by atoms with Crippen molar-refractivity contribution in [2.45, 2.75) is 113 Å². The maximum absolute atomic E-state index is 1.63. The second-order valence-electron chi connectivity index (χ2n) is 7.50. The van der Waals surface area contributed by atoms with Gasteiger partial charge in [-0.1, -0.05) is 57.8 Å². The zero-order chi connectivity index (χ0) is 12.9. The molecule has 0 saturated heterocycles. The summed E-state index contributed by atoms with van der Waals surface area (Å²) in [5, 5.41) is 0. The van der Waals surface area contributed by atoms with Crippen LogP contribution < -0.4 is 0 Å². The molecule has 0 spiro atoms. The first-order chi connectivity index (χ1) is 9.45. The third-order valence-electron chi connectivity index (χ3n) is 6.23. The van der Waals surface area contributed by atoms with Crippen LogP contribution in [0.4, 0.5) is 0 Å². The second-order valence-corrected chi connectivity index (χ2v) is 11.0. The third kappa shape index (κ3) is 4.52. The largest absolute Gasteiger partial charge is 0.129 e. The molecule has 3 fully saturated rings. The Morgan fingerprint density at radius 1 is 0.400 bits per heavy atom. The van der Waals surface area contributed by atoms with E-state index in [0.717, 1.165) is 0 Å². The molecule has 0 aliphatic heterocycles. The van der Waals surface area contributed by atoms with Gasteiger partial charge in [0, 0.05) is 19.5 Å². The standard InChI is InChI=1S/C18H34P.Ru/c1-4-10-16(11-5-1)19(17-12-6-2-7-13-17)18-14-8-3-9-15-18;/h16-19H,1-15H2;. The summed E-state index contributed by atoms with van der Waals surface area (Å²) in [7, 11) is -0.0465. The number of rotatable bonds is 3. The molecular weight excluding hydrogens is 348 g/mol. The summed E-state index contributed by atoms with van der Waals surface area (Å²) >= 11 is 0. The minimum Gasteiger partial charge on any atom is -0.129 e. The first kappa shape index (κ1) is 17.4. The molecule has 3 aliphatic carbocycles. The van der Waals surface area contributed by atoms with E-state index in [4.69, 9.17) is 0 Å². The molecule has 0 bridgehead atoms. The molecule has 2 heteroatoms. The van der Waals surface area contributed by atoms with Crippen LogP contribution in [0.25, 0.3) is 0 Å². The van der Waals surface area contributed by atoms with Gasteiger partial charge < -0.3 is 0 Å². The van der Waals surface area contributed by atoms with Crippen molar-refractivity contribution in [2.24, 2.45) is 0 Å². The fourth-order valence-corrected chi connectivity index (χ4v) is 10.5. The fourth-order valence-electron chi connectivity index (χ4n) is 5.31. The molecule has 20 heavy (non-hydrogen) atoms. The summed E-state index contributed by atoms with van der Waals surface area (Å²) in [6.07, 6.45) is 23.8. The maximum atomic E-state index is 1.63. The molecule has 0 N–H and O–H groups in total. The van der Waals surface area contributed by atoms with E-state index in [0.29, 0.717) is 0 Å². The van der Waals surface area contributed by atoms with Crippen molar-refractivity contribution in [3.8, 4) is 0 Å². The van der Waals surface area contributed by atoms with Crippen LogP contribution in [0.5, 0.6) is 0 Å². The van der Waals surface area contributed by atoms with E-state index >= 15 is 0 Å². The Morgan fingerprint density at radius 2 is 0.650 bits per heavy atom. The van der Waals surface area contributed by atoms with Gasteiger partial charge in [-0.2, -0.15) is 0 Å². The normalized spacial score (nSPS) is 27.4. The van der Waals surface area contributed by atoms with E-state index < -0.39 is 0 Å². The molecule has 0 atom stereocenters. The molecule has 0 unspecified atom stereocenters. The molecule has 3 saturated carbocycles. The Balaban J connectivity index is 0.00000147. The van der Waals surface area contributed by atoms with Crippen LogP contribution in [-0.2, 0) is 19.5 Å². The summed E-state index contributed by atoms with van der Waals surface area (Å²) in [5.74, 6) is 0. The molecule has 3 aliphatic rings. The van der Waals surface area contributed by atoms with Gasteiger partial charge in [0.25, 0.3) is 0 Å². The van der Waals surface area contributed by atoms with Crippen molar-refractivity contribution < 1.29 is 19.5 Å². The molecule has 0 amide bonds. The van der Waals surface area contributed by atoms with Gasteiger partial charge in [-0.25, -0.2) is 0 Å². The van der Waals surface area contributed by atoms with Crippen LogP contribution in [0.2, 0.25) is 0 Å². The molecule has 0 aromatic rings. The van der Waals surface area contributed by atoms with E-state index in [1.807, 2.05) is 0 Å². The smallest absolute Gasteiger partial charge is 0 e. The van der Waals surface area contributed by atoms with Crippen molar-refractivity contribution in [2.75, 3.05) is 0 Å². The summed E-state index contributed by atoms with van der Waals surface area (Å²) in [6, 6.07) is 0. The van der Waals surface area contributed by atoms with Gasteiger partial charge in [0.15, 0.2) is 0 Å². The minimum atomic E-state index is -0.0465. The Morgan fingerprint density at radius 3 is 0.900 bits per heavy atom. The zero-order valence-corrected chi connectivity index (χ0v) is 15.9. The molecule has 0 nitrogen and oxygen atoms in total. The number of hydrogen-bond acceptors (Lipinski definition) is 0. The summed E-state index contributed by atoms with van der Waals surface area (Å²) in [4.78, 5) is 0. The van der Waals surface area contributed by atoms with Crippen LogP contribution in [0.1, 0.15) is 96.3 Å². The van der Waals surface area contributed by atoms with Crippen molar-refractivity contribution in [1.29, 1.82) is 0 Å². The first-order valence-corrected chi connectivity index (χ1v) is 11.0. The van der Waals surface area contributed by atoms with Crippen molar-refractivity contribution in [3.63, 3.8) is 0 Å². The van der Waals surface area contributed by atoms with Gasteiger partial charge in [0.1, 0.15) is 0 Å². The van der Waals surface area contributed by atoms with E-state index in [1.165, 1.54) is 17.0 Å². The predicted octanol–water partition coefficient (Wildman–Crippen LogP) is 6.20. The van der Waals surface area contributed by atoms with E-state index in [1.54, 1.807) is 96.3 Å². The van der Waals surface area contributed by atoms with E-state index in [-0.39, 0.29) is 27.4 Å². The summed E-state index contributed by atoms with van der Waals surface area (Å²) < 4.78 is 0. The zero-order valence-electron chi connectivity index (χ0n) is 13.2. The second kappa shape index (κ2) is 9.25. The average molecular weight is 383 g/mol. The van der Waals surface area contributed by atoms with Gasteiger partial charge in [-0.3, -0.25) is 0 Å². The van der Waals surface area contributed by atoms with Crippen molar-refractivity contribution >= 4 is 7.92 Å². The van der Waals surface area contributed by atoms with Gasteiger partial charge in [-0.05, 0) is 55.5 Å². The van der Waals surface area contributed by atoms with Gasteiger partial charge in [0.05, 0.1) is 0 Å².